The van der Waals surface area contributed by atoms with Crippen molar-refractivity contribution in [2.24, 2.45) is 0 Å². The van der Waals surface area contributed by atoms with E-state index in [-0.39, 0.29) is 5.69 Å². The van der Waals surface area contributed by atoms with Crippen molar-refractivity contribution < 1.29 is 9.47 Å². The molecule has 2 aromatic carbocycles. The molecule has 0 saturated heterocycles. The van der Waals surface area contributed by atoms with Crippen molar-refractivity contribution in [1.82, 2.24) is 14.8 Å². The maximum atomic E-state index is 12.1. The lowest BCUT2D eigenvalue weighted by atomic mass is 10.1. The van der Waals surface area contributed by atoms with Crippen molar-refractivity contribution in [3.63, 3.8) is 0 Å². The molecular weight excluding hydrogens is 294 g/mol. The minimum Gasteiger partial charge on any atom is -0.497 e. The molecule has 1 aromatic heterocycles. The normalized spacial score (nSPS) is 10.5. The molecule has 6 heteroatoms. The van der Waals surface area contributed by atoms with Crippen LogP contribution in [0.15, 0.2) is 53.3 Å². The van der Waals surface area contributed by atoms with Crippen LogP contribution in [0.4, 0.5) is 0 Å². The zero-order chi connectivity index (χ0) is 16.2. The third-order valence-corrected chi connectivity index (χ3v) is 3.57. The summed E-state index contributed by atoms with van der Waals surface area (Å²) in [5.41, 5.74) is 1.48. The van der Waals surface area contributed by atoms with Gasteiger partial charge in [0.2, 0.25) is 0 Å². The number of hydrogen-bond acceptors (Lipinski definition) is 4. The summed E-state index contributed by atoms with van der Waals surface area (Å²) in [5.74, 6) is 2.14. The molecule has 0 aliphatic carbocycles. The maximum Gasteiger partial charge on any atom is 0.347 e. The van der Waals surface area contributed by atoms with Gasteiger partial charge in [-0.25, -0.2) is 14.5 Å². The SMILES string of the molecule is COc1ccc(-n2c(Cc3cccc(OC)c3)n[nH]c2=O)cc1. The quantitative estimate of drug-likeness (QED) is 0.784. The highest BCUT2D eigenvalue weighted by molar-refractivity contribution is 5.39. The van der Waals surface area contributed by atoms with E-state index >= 15 is 0 Å². The number of hydrogen-bond donors (Lipinski definition) is 1. The van der Waals surface area contributed by atoms with Crippen LogP contribution in [0.3, 0.4) is 0 Å². The van der Waals surface area contributed by atoms with Crippen LogP contribution in [0, 0.1) is 0 Å². The first-order chi connectivity index (χ1) is 11.2. The summed E-state index contributed by atoms with van der Waals surface area (Å²) < 4.78 is 11.9. The highest BCUT2D eigenvalue weighted by Crippen LogP contribution is 2.18. The monoisotopic (exact) mass is 311 g/mol. The van der Waals surface area contributed by atoms with Gasteiger partial charge < -0.3 is 9.47 Å². The highest BCUT2D eigenvalue weighted by Gasteiger charge is 2.11. The first kappa shape index (κ1) is 14.9. The topological polar surface area (TPSA) is 69.1 Å². The number of benzene rings is 2. The van der Waals surface area contributed by atoms with E-state index in [1.165, 1.54) is 0 Å². The Labute approximate surface area is 133 Å². The second kappa shape index (κ2) is 6.39. The van der Waals surface area contributed by atoms with E-state index in [0.29, 0.717) is 12.2 Å². The number of aromatic nitrogens is 3. The molecule has 1 heterocycles. The van der Waals surface area contributed by atoms with E-state index in [1.54, 1.807) is 18.8 Å². The van der Waals surface area contributed by atoms with Crippen LogP contribution < -0.4 is 15.2 Å². The van der Waals surface area contributed by atoms with Crippen LogP contribution in [0.1, 0.15) is 11.4 Å². The summed E-state index contributed by atoms with van der Waals surface area (Å²) in [4.78, 5) is 12.1. The lowest BCUT2D eigenvalue weighted by Gasteiger charge is -2.08. The van der Waals surface area contributed by atoms with Gasteiger partial charge in [-0.05, 0) is 42.0 Å². The largest absolute Gasteiger partial charge is 0.497 e. The molecule has 0 spiro atoms. The third kappa shape index (κ3) is 3.11. The van der Waals surface area contributed by atoms with Gasteiger partial charge >= 0.3 is 5.69 Å². The molecule has 3 aromatic rings. The smallest absolute Gasteiger partial charge is 0.347 e. The minimum absolute atomic E-state index is 0.270. The molecule has 0 amide bonds. The average molecular weight is 311 g/mol. The molecule has 0 radical (unpaired) electrons. The first-order valence-electron chi connectivity index (χ1n) is 7.15. The Kier molecular flexibility index (Phi) is 4.14. The van der Waals surface area contributed by atoms with Crippen molar-refractivity contribution >= 4 is 0 Å². The van der Waals surface area contributed by atoms with Crippen LogP contribution in [0.25, 0.3) is 5.69 Å². The summed E-state index contributed by atoms with van der Waals surface area (Å²) in [6.45, 7) is 0. The molecule has 0 aliphatic rings. The molecule has 23 heavy (non-hydrogen) atoms. The summed E-state index contributed by atoms with van der Waals surface area (Å²) in [5, 5.41) is 6.65. The van der Waals surface area contributed by atoms with Gasteiger partial charge in [0, 0.05) is 6.42 Å². The van der Waals surface area contributed by atoms with E-state index < -0.39 is 0 Å². The number of H-pyrrole nitrogens is 1. The van der Waals surface area contributed by atoms with Gasteiger partial charge in [-0.15, -0.1) is 0 Å². The Hall–Kier alpha value is -3.02. The lowest BCUT2D eigenvalue weighted by molar-refractivity contribution is 0.414. The molecule has 0 fully saturated rings. The second-order valence-electron chi connectivity index (χ2n) is 5.01. The Balaban J connectivity index is 1.96. The van der Waals surface area contributed by atoms with E-state index in [9.17, 15) is 4.79 Å². The van der Waals surface area contributed by atoms with E-state index in [4.69, 9.17) is 9.47 Å². The van der Waals surface area contributed by atoms with Crippen LogP contribution in [0.2, 0.25) is 0 Å². The molecule has 3 rings (SSSR count). The molecule has 0 atom stereocenters. The Morgan fingerprint density at radius 2 is 1.78 bits per heavy atom. The first-order valence-corrected chi connectivity index (χ1v) is 7.15. The fourth-order valence-corrected chi connectivity index (χ4v) is 2.41. The molecular formula is C17H17N3O3. The van der Waals surface area contributed by atoms with Gasteiger partial charge in [0.1, 0.15) is 17.3 Å². The fraction of sp³-hybridized carbons (Fsp3) is 0.176. The number of ether oxygens (including phenoxy) is 2. The standard InChI is InChI=1S/C17H17N3O3/c1-22-14-8-6-13(7-9-14)20-16(18-19-17(20)21)11-12-4-3-5-15(10-12)23-2/h3-10H,11H2,1-2H3,(H,19,21). The van der Waals surface area contributed by atoms with Gasteiger partial charge in [-0.2, -0.15) is 5.10 Å². The van der Waals surface area contributed by atoms with Crippen LogP contribution in [-0.2, 0) is 6.42 Å². The molecule has 0 bridgehead atoms. The lowest BCUT2D eigenvalue weighted by Crippen LogP contribution is -2.17. The van der Waals surface area contributed by atoms with Gasteiger partial charge in [-0.1, -0.05) is 12.1 Å². The van der Waals surface area contributed by atoms with Crippen LogP contribution >= 0.6 is 0 Å². The van der Waals surface area contributed by atoms with Gasteiger partial charge in [0.25, 0.3) is 0 Å². The van der Waals surface area contributed by atoms with Crippen molar-refractivity contribution in [2.45, 2.75) is 6.42 Å². The van der Waals surface area contributed by atoms with Crippen molar-refractivity contribution in [2.75, 3.05) is 14.2 Å². The summed E-state index contributed by atoms with van der Waals surface area (Å²) in [6, 6.07) is 15.0. The molecule has 6 nitrogen and oxygen atoms in total. The number of aromatic amines is 1. The van der Waals surface area contributed by atoms with Crippen molar-refractivity contribution in [3.8, 4) is 17.2 Å². The third-order valence-electron chi connectivity index (χ3n) is 3.57. The maximum absolute atomic E-state index is 12.1. The van der Waals surface area contributed by atoms with Gasteiger partial charge in [-0.3, -0.25) is 0 Å². The van der Waals surface area contributed by atoms with Gasteiger partial charge in [0.15, 0.2) is 0 Å². The predicted molar refractivity (Wildman–Crippen MR) is 86.5 cm³/mol. The number of nitrogens with zero attached hydrogens (tertiary/aromatic N) is 2. The summed E-state index contributed by atoms with van der Waals surface area (Å²) in [7, 11) is 3.23. The van der Waals surface area contributed by atoms with Gasteiger partial charge in [0.05, 0.1) is 19.9 Å². The van der Waals surface area contributed by atoms with Crippen LogP contribution in [0.5, 0.6) is 11.5 Å². The zero-order valence-electron chi connectivity index (χ0n) is 12.9. The minimum atomic E-state index is -0.270. The molecule has 0 saturated carbocycles. The van der Waals surface area contributed by atoms with Crippen molar-refractivity contribution in [3.05, 3.63) is 70.4 Å². The van der Waals surface area contributed by atoms with Crippen molar-refractivity contribution in [1.29, 1.82) is 0 Å². The predicted octanol–water partition coefficient (Wildman–Crippen LogP) is 2.17. The van der Waals surface area contributed by atoms with E-state index in [2.05, 4.69) is 10.2 Å². The van der Waals surface area contributed by atoms with E-state index in [0.717, 1.165) is 22.7 Å². The average Bonchev–Trinajstić information content (AvgIpc) is 2.95. The molecule has 118 valence electrons. The molecule has 1 N–H and O–H groups in total. The summed E-state index contributed by atoms with van der Waals surface area (Å²) in [6.07, 6.45) is 0.516. The van der Waals surface area contributed by atoms with Crippen LogP contribution in [-0.4, -0.2) is 29.0 Å². The zero-order valence-corrected chi connectivity index (χ0v) is 12.9. The number of methoxy groups -OCH3 is 2. The highest BCUT2D eigenvalue weighted by atomic mass is 16.5. The second-order valence-corrected chi connectivity index (χ2v) is 5.01. The number of nitrogens with one attached hydrogen (secondary N) is 1. The Bertz CT molecular complexity index is 850. The summed E-state index contributed by atoms with van der Waals surface area (Å²) >= 11 is 0. The molecule has 0 aliphatic heterocycles. The molecule has 0 unspecified atom stereocenters. The fourth-order valence-electron chi connectivity index (χ4n) is 2.41. The Morgan fingerprint density at radius 1 is 1.04 bits per heavy atom. The Morgan fingerprint density at radius 3 is 2.48 bits per heavy atom. The number of rotatable bonds is 5. The van der Waals surface area contributed by atoms with E-state index in [1.807, 2.05) is 48.5 Å².